The quantitative estimate of drug-likeness (QED) is 0.856. The third kappa shape index (κ3) is 4.29. The van der Waals surface area contributed by atoms with Crippen molar-refractivity contribution in [1.29, 1.82) is 0 Å². The zero-order chi connectivity index (χ0) is 18.0. The van der Waals surface area contributed by atoms with Crippen LogP contribution in [0.2, 0.25) is 10.0 Å². The second-order valence-corrected chi connectivity index (χ2v) is 7.51. The lowest BCUT2D eigenvalue weighted by molar-refractivity contribution is -0.129. The fourth-order valence-corrected chi connectivity index (χ4v) is 4.01. The van der Waals surface area contributed by atoms with Gasteiger partial charge in [-0.2, -0.15) is 4.98 Å². The summed E-state index contributed by atoms with van der Waals surface area (Å²) in [5.41, 5.74) is 5.79. The molecule has 3 rings (SSSR count). The summed E-state index contributed by atoms with van der Waals surface area (Å²) in [6, 6.07) is 5.36. The van der Waals surface area contributed by atoms with Crippen LogP contribution in [0.1, 0.15) is 6.92 Å². The summed E-state index contributed by atoms with van der Waals surface area (Å²) in [7, 11) is 0. The largest absolute Gasteiger partial charge is 0.368 e. The molecule has 1 aliphatic heterocycles. The molecule has 0 atom stereocenters. The van der Waals surface area contributed by atoms with E-state index in [1.165, 1.54) is 11.8 Å². The van der Waals surface area contributed by atoms with E-state index in [4.69, 9.17) is 28.9 Å². The first kappa shape index (κ1) is 18.1. The molecule has 132 valence electrons. The van der Waals surface area contributed by atoms with E-state index >= 15 is 0 Å². The minimum Gasteiger partial charge on any atom is -0.368 e. The predicted octanol–water partition coefficient (Wildman–Crippen LogP) is 3.19. The van der Waals surface area contributed by atoms with Gasteiger partial charge in [-0.1, -0.05) is 35.0 Å². The van der Waals surface area contributed by atoms with Gasteiger partial charge in [0, 0.05) is 49.2 Å². The molecule has 9 heteroatoms. The number of hydrogen-bond donors (Lipinski definition) is 1. The molecule has 1 amide bonds. The molecule has 0 aliphatic carbocycles. The van der Waals surface area contributed by atoms with Gasteiger partial charge < -0.3 is 15.5 Å². The predicted molar refractivity (Wildman–Crippen MR) is 101 cm³/mol. The van der Waals surface area contributed by atoms with Crippen LogP contribution in [0, 0.1) is 0 Å². The number of halogens is 2. The third-order valence-electron chi connectivity index (χ3n) is 3.89. The fourth-order valence-electron chi connectivity index (χ4n) is 2.58. The lowest BCUT2D eigenvalue weighted by atomic mass is 10.3. The molecule has 1 aromatic heterocycles. The molecule has 0 bridgehead atoms. The Morgan fingerprint density at radius 2 is 1.92 bits per heavy atom. The zero-order valence-corrected chi connectivity index (χ0v) is 15.9. The summed E-state index contributed by atoms with van der Waals surface area (Å²) in [5, 5.41) is 1.16. The van der Waals surface area contributed by atoms with E-state index in [0.717, 1.165) is 15.6 Å². The van der Waals surface area contributed by atoms with Crippen LogP contribution in [0.4, 0.5) is 11.8 Å². The summed E-state index contributed by atoms with van der Waals surface area (Å²) in [6.07, 6.45) is 1.70. The zero-order valence-electron chi connectivity index (χ0n) is 13.6. The van der Waals surface area contributed by atoms with Crippen molar-refractivity contribution in [3.63, 3.8) is 0 Å². The molecule has 25 heavy (non-hydrogen) atoms. The van der Waals surface area contributed by atoms with Crippen LogP contribution in [-0.2, 0) is 4.79 Å². The van der Waals surface area contributed by atoms with E-state index in [1.807, 2.05) is 11.0 Å². The molecule has 0 spiro atoms. The molecule has 2 aromatic rings. The van der Waals surface area contributed by atoms with Crippen molar-refractivity contribution in [2.75, 3.05) is 36.8 Å². The van der Waals surface area contributed by atoms with Crippen LogP contribution in [0.15, 0.2) is 34.2 Å². The van der Waals surface area contributed by atoms with Gasteiger partial charge in [-0.3, -0.25) is 4.79 Å². The van der Waals surface area contributed by atoms with E-state index in [1.54, 1.807) is 25.3 Å². The summed E-state index contributed by atoms with van der Waals surface area (Å²) in [6.45, 7) is 4.29. The van der Waals surface area contributed by atoms with E-state index < -0.39 is 0 Å². The number of carbonyl (C=O) groups is 1. The Balaban J connectivity index is 1.85. The summed E-state index contributed by atoms with van der Waals surface area (Å²) >= 11 is 13.7. The number of rotatable bonds is 3. The smallest absolute Gasteiger partial charge is 0.222 e. The Bertz CT molecular complexity index is 796. The Morgan fingerprint density at radius 3 is 2.56 bits per heavy atom. The first-order chi connectivity index (χ1) is 11.9. The Morgan fingerprint density at radius 1 is 1.20 bits per heavy atom. The number of amides is 1. The van der Waals surface area contributed by atoms with Crippen LogP contribution in [0.5, 0.6) is 0 Å². The number of nitrogens with two attached hydrogens (primary N) is 1. The average Bonchev–Trinajstić information content (AvgIpc) is 2.59. The second kappa shape index (κ2) is 7.68. The Hall–Kier alpha value is -1.70. The first-order valence-corrected chi connectivity index (χ1v) is 9.27. The maximum Gasteiger partial charge on any atom is 0.222 e. The van der Waals surface area contributed by atoms with E-state index in [2.05, 4.69) is 14.9 Å². The number of nitrogens with zero attached hydrogens (tertiary/aromatic N) is 4. The molecule has 1 fully saturated rings. The third-order valence-corrected chi connectivity index (χ3v) is 5.64. The molecule has 0 unspecified atom stereocenters. The maximum absolute atomic E-state index is 11.5. The van der Waals surface area contributed by atoms with E-state index in [-0.39, 0.29) is 11.9 Å². The molecule has 2 heterocycles. The minimum atomic E-state index is 0.0874. The van der Waals surface area contributed by atoms with Gasteiger partial charge in [0.15, 0.2) is 0 Å². The van der Waals surface area contributed by atoms with E-state index in [0.29, 0.717) is 36.2 Å². The van der Waals surface area contributed by atoms with Gasteiger partial charge in [0.1, 0.15) is 5.82 Å². The van der Waals surface area contributed by atoms with Gasteiger partial charge in [0.2, 0.25) is 11.9 Å². The van der Waals surface area contributed by atoms with Crippen molar-refractivity contribution in [2.45, 2.75) is 16.7 Å². The number of anilines is 2. The number of benzene rings is 1. The Labute approximate surface area is 160 Å². The van der Waals surface area contributed by atoms with Crippen LogP contribution >= 0.6 is 35.0 Å². The lowest BCUT2D eigenvalue weighted by Gasteiger charge is -2.35. The number of hydrogen-bond acceptors (Lipinski definition) is 6. The Kier molecular flexibility index (Phi) is 5.56. The number of piperazine rings is 1. The van der Waals surface area contributed by atoms with Crippen molar-refractivity contribution in [3.05, 3.63) is 34.4 Å². The van der Waals surface area contributed by atoms with Gasteiger partial charge in [-0.25, -0.2) is 4.98 Å². The highest BCUT2D eigenvalue weighted by Gasteiger charge is 2.23. The topological polar surface area (TPSA) is 75.4 Å². The van der Waals surface area contributed by atoms with Gasteiger partial charge >= 0.3 is 0 Å². The maximum atomic E-state index is 11.5. The lowest BCUT2D eigenvalue weighted by Crippen LogP contribution is -2.48. The fraction of sp³-hybridized carbons (Fsp3) is 0.312. The molecule has 1 saturated heterocycles. The van der Waals surface area contributed by atoms with Gasteiger partial charge in [0.25, 0.3) is 0 Å². The molecule has 1 aromatic carbocycles. The number of nitrogen functional groups attached to an aromatic ring is 1. The van der Waals surface area contributed by atoms with Crippen molar-refractivity contribution >= 4 is 52.6 Å². The van der Waals surface area contributed by atoms with Crippen molar-refractivity contribution in [3.8, 4) is 0 Å². The normalized spacial score (nSPS) is 14.7. The molecular formula is C16H17Cl2N5OS. The molecule has 0 saturated carbocycles. The minimum absolute atomic E-state index is 0.0874. The molecule has 1 aliphatic rings. The number of aromatic nitrogens is 2. The van der Waals surface area contributed by atoms with Crippen molar-refractivity contribution in [1.82, 2.24) is 14.9 Å². The van der Waals surface area contributed by atoms with Crippen LogP contribution < -0.4 is 10.6 Å². The summed E-state index contributed by atoms with van der Waals surface area (Å²) in [5.74, 6) is 1.06. The second-order valence-electron chi connectivity index (χ2n) is 5.59. The van der Waals surface area contributed by atoms with Gasteiger partial charge in [0.05, 0.1) is 9.92 Å². The van der Waals surface area contributed by atoms with Gasteiger partial charge in [-0.15, -0.1) is 0 Å². The average molecular weight is 398 g/mol. The van der Waals surface area contributed by atoms with Crippen LogP contribution in [0.3, 0.4) is 0 Å². The van der Waals surface area contributed by atoms with Crippen LogP contribution in [0.25, 0.3) is 0 Å². The van der Waals surface area contributed by atoms with Crippen molar-refractivity contribution < 1.29 is 4.79 Å². The molecular weight excluding hydrogens is 381 g/mol. The standard InChI is InChI=1S/C16H17Cl2N5OS/c1-10(24)22-4-6-23(7-5-22)15-14(9-20-16(19)21-15)25-13-3-2-11(17)8-12(13)18/h2-3,8-9H,4-7H2,1H3,(H2,19,20,21). The molecule has 6 nitrogen and oxygen atoms in total. The first-order valence-electron chi connectivity index (χ1n) is 7.70. The summed E-state index contributed by atoms with van der Waals surface area (Å²) < 4.78 is 0. The highest BCUT2D eigenvalue weighted by atomic mass is 35.5. The van der Waals surface area contributed by atoms with E-state index in [9.17, 15) is 4.79 Å². The summed E-state index contributed by atoms with van der Waals surface area (Å²) in [4.78, 5) is 25.7. The van der Waals surface area contributed by atoms with Crippen molar-refractivity contribution in [2.24, 2.45) is 0 Å². The monoisotopic (exact) mass is 397 g/mol. The van der Waals surface area contributed by atoms with Crippen LogP contribution in [-0.4, -0.2) is 47.0 Å². The number of carbonyl (C=O) groups excluding carboxylic acids is 1. The van der Waals surface area contributed by atoms with Gasteiger partial charge in [-0.05, 0) is 18.2 Å². The molecule has 2 N–H and O–H groups in total. The highest BCUT2D eigenvalue weighted by Crippen LogP contribution is 2.38. The SMILES string of the molecule is CC(=O)N1CCN(c2nc(N)ncc2Sc2ccc(Cl)cc2Cl)CC1. The molecule has 0 radical (unpaired) electrons. The highest BCUT2D eigenvalue weighted by molar-refractivity contribution is 7.99.